The van der Waals surface area contributed by atoms with Crippen molar-refractivity contribution < 1.29 is 4.74 Å². The predicted octanol–water partition coefficient (Wildman–Crippen LogP) is 2.23. The van der Waals surface area contributed by atoms with Crippen molar-refractivity contribution in [2.45, 2.75) is 52.1 Å². The summed E-state index contributed by atoms with van der Waals surface area (Å²) in [5.41, 5.74) is -0.343. The van der Waals surface area contributed by atoms with E-state index in [1.165, 1.54) is 0 Å². The Morgan fingerprint density at radius 2 is 2.16 bits per heavy atom. The van der Waals surface area contributed by atoms with E-state index in [2.05, 4.69) is 17.2 Å². The van der Waals surface area contributed by atoms with Gasteiger partial charge in [0, 0.05) is 25.0 Å². The second-order valence-electron chi connectivity index (χ2n) is 5.71. The summed E-state index contributed by atoms with van der Waals surface area (Å²) in [6.07, 6.45) is 5.35. The lowest BCUT2D eigenvalue weighted by Crippen LogP contribution is -2.37. The van der Waals surface area contributed by atoms with Gasteiger partial charge >= 0.3 is 0 Å². The van der Waals surface area contributed by atoms with Gasteiger partial charge in [-0.3, -0.25) is 4.79 Å². The smallest absolute Gasteiger partial charge is 0.293 e. The minimum absolute atomic E-state index is 0.0905. The van der Waals surface area contributed by atoms with E-state index in [1.807, 2.05) is 20.8 Å². The Kier molecular flexibility index (Phi) is 5.54. The van der Waals surface area contributed by atoms with Crippen molar-refractivity contribution >= 4 is 5.82 Å². The molecule has 0 amide bonds. The fraction of sp³-hybridized carbons (Fsp3) is 0.714. The molecule has 1 aromatic heterocycles. The van der Waals surface area contributed by atoms with Gasteiger partial charge in [0.25, 0.3) is 5.56 Å². The summed E-state index contributed by atoms with van der Waals surface area (Å²) in [4.78, 5) is 16.5. The Balaban J connectivity index is 2.98. The van der Waals surface area contributed by atoms with Gasteiger partial charge in [0.15, 0.2) is 5.82 Å². The van der Waals surface area contributed by atoms with Crippen LogP contribution < -0.4 is 10.9 Å². The second kappa shape index (κ2) is 6.70. The minimum Gasteiger partial charge on any atom is -0.383 e. The second-order valence-corrected chi connectivity index (χ2v) is 5.71. The van der Waals surface area contributed by atoms with Crippen LogP contribution in [0.4, 0.5) is 5.82 Å². The molecule has 1 N–H and O–H groups in total. The summed E-state index contributed by atoms with van der Waals surface area (Å²) in [6, 6.07) is 0.117. The molecule has 1 unspecified atom stereocenters. The minimum atomic E-state index is -0.252. The van der Waals surface area contributed by atoms with E-state index in [0.717, 1.165) is 12.8 Å². The molecule has 0 saturated heterocycles. The summed E-state index contributed by atoms with van der Waals surface area (Å²) in [5.74, 6) is 0.396. The molecule has 1 rings (SSSR count). The number of nitrogens with zero attached hydrogens (tertiary/aromatic N) is 2. The highest BCUT2D eigenvalue weighted by Crippen LogP contribution is 2.11. The van der Waals surface area contributed by atoms with Crippen molar-refractivity contribution in [3.05, 3.63) is 22.7 Å². The van der Waals surface area contributed by atoms with E-state index in [4.69, 9.17) is 4.74 Å². The van der Waals surface area contributed by atoms with Gasteiger partial charge < -0.3 is 14.6 Å². The van der Waals surface area contributed by atoms with E-state index in [9.17, 15) is 4.79 Å². The van der Waals surface area contributed by atoms with Crippen LogP contribution >= 0.6 is 0 Å². The van der Waals surface area contributed by atoms with Gasteiger partial charge in [-0.05, 0) is 27.2 Å². The topological polar surface area (TPSA) is 56.1 Å². The average molecular weight is 267 g/mol. The highest BCUT2D eigenvalue weighted by Gasteiger charge is 2.18. The number of anilines is 1. The summed E-state index contributed by atoms with van der Waals surface area (Å²) >= 11 is 0. The fourth-order valence-electron chi connectivity index (χ4n) is 1.98. The van der Waals surface area contributed by atoms with Crippen molar-refractivity contribution in [3.8, 4) is 0 Å². The first kappa shape index (κ1) is 15.7. The average Bonchev–Trinajstić information content (AvgIpc) is 2.31. The van der Waals surface area contributed by atoms with Crippen molar-refractivity contribution in [2.75, 3.05) is 19.0 Å². The standard InChI is InChI=1S/C14H25N3O2/c1-6-7-11(10-19-5)16-12-13(18)17(9-8-15-12)14(2,3)4/h8-9,11H,6-7,10H2,1-5H3,(H,15,16). The quantitative estimate of drug-likeness (QED) is 0.858. The molecule has 1 heterocycles. The van der Waals surface area contributed by atoms with Crippen LogP contribution in [0.25, 0.3) is 0 Å². The van der Waals surface area contributed by atoms with Gasteiger partial charge in [-0.1, -0.05) is 13.3 Å². The summed E-state index contributed by atoms with van der Waals surface area (Å²) in [5, 5.41) is 3.19. The Morgan fingerprint density at radius 1 is 1.47 bits per heavy atom. The monoisotopic (exact) mass is 267 g/mol. The normalized spacial score (nSPS) is 13.3. The molecular formula is C14H25N3O2. The lowest BCUT2D eigenvalue weighted by Gasteiger charge is -2.24. The molecule has 5 nitrogen and oxygen atoms in total. The molecule has 0 bridgehead atoms. The highest BCUT2D eigenvalue weighted by molar-refractivity contribution is 5.32. The molecule has 0 aliphatic rings. The Labute approximate surface area is 115 Å². The first-order chi connectivity index (χ1) is 8.90. The molecule has 5 heteroatoms. The van der Waals surface area contributed by atoms with Crippen LogP contribution in [0.2, 0.25) is 0 Å². The number of rotatable bonds is 6. The molecule has 0 fully saturated rings. The van der Waals surface area contributed by atoms with Gasteiger partial charge in [0.05, 0.1) is 12.6 Å². The highest BCUT2D eigenvalue weighted by atomic mass is 16.5. The van der Waals surface area contributed by atoms with Crippen LogP contribution in [0, 0.1) is 0 Å². The van der Waals surface area contributed by atoms with E-state index >= 15 is 0 Å². The number of hydrogen-bond acceptors (Lipinski definition) is 4. The van der Waals surface area contributed by atoms with Crippen molar-refractivity contribution in [2.24, 2.45) is 0 Å². The van der Waals surface area contributed by atoms with Gasteiger partial charge in [-0.2, -0.15) is 0 Å². The van der Waals surface area contributed by atoms with Crippen LogP contribution in [0.15, 0.2) is 17.2 Å². The molecule has 108 valence electrons. The van der Waals surface area contributed by atoms with E-state index in [-0.39, 0.29) is 17.1 Å². The van der Waals surface area contributed by atoms with Crippen LogP contribution in [0.1, 0.15) is 40.5 Å². The third-order valence-electron chi connectivity index (χ3n) is 2.91. The molecule has 0 aliphatic carbocycles. The van der Waals surface area contributed by atoms with Crippen LogP contribution in [-0.2, 0) is 10.3 Å². The zero-order chi connectivity index (χ0) is 14.5. The molecule has 0 aromatic carbocycles. The van der Waals surface area contributed by atoms with Gasteiger partial charge in [-0.15, -0.1) is 0 Å². The first-order valence-electron chi connectivity index (χ1n) is 6.73. The Hall–Kier alpha value is -1.36. The number of hydrogen-bond donors (Lipinski definition) is 1. The maximum atomic E-state index is 12.4. The summed E-state index contributed by atoms with van der Waals surface area (Å²) < 4.78 is 6.86. The lowest BCUT2D eigenvalue weighted by molar-refractivity contribution is 0.182. The molecule has 19 heavy (non-hydrogen) atoms. The Bertz CT molecular complexity index is 443. The van der Waals surface area contributed by atoms with Gasteiger partial charge in [0.2, 0.25) is 0 Å². The zero-order valence-corrected chi connectivity index (χ0v) is 12.6. The molecule has 0 saturated carbocycles. The number of methoxy groups -OCH3 is 1. The molecule has 0 aliphatic heterocycles. The molecule has 0 spiro atoms. The van der Waals surface area contributed by atoms with Gasteiger partial charge in [0.1, 0.15) is 0 Å². The third kappa shape index (κ3) is 4.35. The molecular weight excluding hydrogens is 242 g/mol. The Morgan fingerprint density at radius 3 is 2.68 bits per heavy atom. The van der Waals surface area contributed by atoms with Crippen molar-refractivity contribution in [1.29, 1.82) is 0 Å². The maximum Gasteiger partial charge on any atom is 0.293 e. The van der Waals surface area contributed by atoms with Crippen LogP contribution in [-0.4, -0.2) is 29.3 Å². The predicted molar refractivity (Wildman–Crippen MR) is 77.7 cm³/mol. The van der Waals surface area contributed by atoms with Crippen LogP contribution in [0.3, 0.4) is 0 Å². The largest absolute Gasteiger partial charge is 0.383 e. The molecule has 0 radical (unpaired) electrons. The number of nitrogens with one attached hydrogen (secondary N) is 1. The maximum absolute atomic E-state index is 12.4. The van der Waals surface area contributed by atoms with E-state index < -0.39 is 0 Å². The lowest BCUT2D eigenvalue weighted by atomic mass is 10.1. The summed E-state index contributed by atoms with van der Waals surface area (Å²) in [7, 11) is 1.66. The third-order valence-corrected chi connectivity index (χ3v) is 2.91. The fourth-order valence-corrected chi connectivity index (χ4v) is 1.98. The number of ether oxygens (including phenoxy) is 1. The zero-order valence-electron chi connectivity index (χ0n) is 12.6. The SMILES string of the molecule is CCCC(COC)Nc1nccn(C(C)(C)C)c1=O. The first-order valence-corrected chi connectivity index (χ1v) is 6.73. The van der Waals surface area contributed by atoms with Gasteiger partial charge in [-0.25, -0.2) is 4.98 Å². The van der Waals surface area contributed by atoms with Crippen molar-refractivity contribution in [1.82, 2.24) is 9.55 Å². The van der Waals surface area contributed by atoms with Crippen molar-refractivity contribution in [3.63, 3.8) is 0 Å². The molecule has 1 atom stereocenters. The van der Waals surface area contributed by atoms with E-state index in [0.29, 0.717) is 12.4 Å². The molecule has 1 aromatic rings. The van der Waals surface area contributed by atoms with Crippen LogP contribution in [0.5, 0.6) is 0 Å². The number of aromatic nitrogens is 2. The summed E-state index contributed by atoms with van der Waals surface area (Å²) in [6.45, 7) is 8.67. The van der Waals surface area contributed by atoms with E-state index in [1.54, 1.807) is 24.1 Å².